The molecule has 0 bridgehead atoms. The van der Waals surface area contributed by atoms with Crippen molar-refractivity contribution in [2.24, 2.45) is 7.05 Å². The van der Waals surface area contributed by atoms with Crippen molar-refractivity contribution in [2.45, 2.75) is 4.90 Å². The SMILES string of the molecule is Cn1ccc2ccc(Oc3ccc(NS(=O)(=O)c4ccc(Cl)c(Cl)c4)cn3)cc21. The average molecular weight is 448 g/mol. The molecule has 0 spiro atoms. The molecule has 6 nitrogen and oxygen atoms in total. The molecule has 0 saturated carbocycles. The molecule has 2 aromatic heterocycles. The third kappa shape index (κ3) is 4.17. The minimum atomic E-state index is -3.82. The van der Waals surface area contributed by atoms with Crippen molar-refractivity contribution in [1.29, 1.82) is 0 Å². The highest BCUT2D eigenvalue weighted by Gasteiger charge is 2.16. The summed E-state index contributed by atoms with van der Waals surface area (Å²) in [5, 5.41) is 1.55. The second kappa shape index (κ2) is 7.59. The van der Waals surface area contributed by atoms with Crippen molar-refractivity contribution < 1.29 is 13.2 Å². The molecule has 4 aromatic rings. The molecule has 0 radical (unpaired) electrons. The second-order valence-electron chi connectivity index (χ2n) is 6.32. The zero-order valence-electron chi connectivity index (χ0n) is 15.1. The van der Waals surface area contributed by atoms with Crippen LogP contribution in [0.25, 0.3) is 10.9 Å². The minimum Gasteiger partial charge on any atom is -0.439 e. The summed E-state index contributed by atoms with van der Waals surface area (Å²) in [7, 11) is -1.87. The number of halogens is 2. The normalized spacial score (nSPS) is 11.6. The monoisotopic (exact) mass is 447 g/mol. The first kappa shape index (κ1) is 19.6. The molecule has 1 N–H and O–H groups in total. The number of aryl methyl sites for hydroxylation is 1. The first-order valence-electron chi connectivity index (χ1n) is 8.49. The molecule has 0 saturated heterocycles. The van der Waals surface area contributed by atoms with Crippen LogP contribution < -0.4 is 9.46 Å². The fourth-order valence-electron chi connectivity index (χ4n) is 2.79. The molecule has 0 aliphatic carbocycles. The average Bonchev–Trinajstić information content (AvgIpc) is 3.06. The van der Waals surface area contributed by atoms with Crippen molar-refractivity contribution in [2.75, 3.05) is 4.72 Å². The van der Waals surface area contributed by atoms with Crippen molar-refractivity contribution in [3.05, 3.63) is 77.0 Å². The molecule has 4 rings (SSSR count). The molecule has 148 valence electrons. The number of rotatable bonds is 5. The number of hydrogen-bond donors (Lipinski definition) is 1. The molecule has 0 aliphatic heterocycles. The Balaban J connectivity index is 1.51. The molecule has 0 atom stereocenters. The number of fused-ring (bicyclic) bond motifs is 1. The molecule has 0 fully saturated rings. The number of anilines is 1. The lowest BCUT2D eigenvalue weighted by atomic mass is 10.2. The van der Waals surface area contributed by atoms with Gasteiger partial charge >= 0.3 is 0 Å². The zero-order valence-corrected chi connectivity index (χ0v) is 17.5. The van der Waals surface area contributed by atoms with Gasteiger partial charge in [-0.1, -0.05) is 23.2 Å². The molecule has 0 unspecified atom stereocenters. The standard InChI is InChI=1S/C20H15Cl2N3O3S/c1-25-9-8-13-2-4-15(10-19(13)25)28-20-7-3-14(12-23-20)24-29(26,27)16-5-6-17(21)18(22)11-16/h2-12,24H,1H3. The van der Waals surface area contributed by atoms with E-state index >= 15 is 0 Å². The van der Waals surface area contributed by atoms with E-state index in [0.717, 1.165) is 10.9 Å². The van der Waals surface area contributed by atoms with Crippen LogP contribution in [0.1, 0.15) is 0 Å². The Morgan fingerprint density at radius 3 is 2.55 bits per heavy atom. The van der Waals surface area contributed by atoms with Crippen LogP contribution in [0.5, 0.6) is 11.6 Å². The Morgan fingerprint density at radius 2 is 1.83 bits per heavy atom. The van der Waals surface area contributed by atoms with Gasteiger partial charge in [0.15, 0.2) is 0 Å². The van der Waals surface area contributed by atoms with Gasteiger partial charge < -0.3 is 9.30 Å². The minimum absolute atomic E-state index is 0.00287. The topological polar surface area (TPSA) is 73.2 Å². The van der Waals surface area contributed by atoms with Gasteiger partial charge in [-0.2, -0.15) is 0 Å². The third-order valence-corrected chi connectivity index (χ3v) is 6.39. The summed E-state index contributed by atoms with van der Waals surface area (Å²) in [6.07, 6.45) is 3.35. The number of nitrogens with one attached hydrogen (secondary N) is 1. The molecule has 0 amide bonds. The molecular formula is C20H15Cl2N3O3S. The van der Waals surface area contributed by atoms with Crippen LogP contribution in [0.15, 0.2) is 71.9 Å². The Labute approximate surface area is 177 Å². The van der Waals surface area contributed by atoms with Crippen molar-refractivity contribution in [1.82, 2.24) is 9.55 Å². The van der Waals surface area contributed by atoms with Crippen molar-refractivity contribution >= 4 is 49.8 Å². The predicted octanol–water partition coefficient (Wildman–Crippen LogP) is 5.47. The predicted molar refractivity (Wildman–Crippen MR) is 115 cm³/mol. The van der Waals surface area contributed by atoms with Gasteiger partial charge in [-0.05, 0) is 47.9 Å². The summed E-state index contributed by atoms with van der Waals surface area (Å²) in [4.78, 5) is 4.17. The molecule has 0 aliphatic rings. The molecule has 9 heteroatoms. The van der Waals surface area contributed by atoms with Gasteiger partial charge in [0.1, 0.15) is 5.75 Å². The number of hydrogen-bond acceptors (Lipinski definition) is 4. The smallest absolute Gasteiger partial charge is 0.261 e. The summed E-state index contributed by atoms with van der Waals surface area (Å²) >= 11 is 11.7. The number of sulfonamides is 1. The fraction of sp³-hybridized carbons (Fsp3) is 0.0500. The van der Waals surface area contributed by atoms with E-state index in [9.17, 15) is 8.42 Å². The van der Waals surface area contributed by atoms with Crippen molar-refractivity contribution in [3.63, 3.8) is 0 Å². The lowest BCUT2D eigenvalue weighted by molar-refractivity contribution is 0.463. The lowest BCUT2D eigenvalue weighted by Crippen LogP contribution is -2.13. The van der Waals surface area contributed by atoms with Gasteiger partial charge in [0.25, 0.3) is 10.0 Å². The first-order chi connectivity index (χ1) is 13.8. The number of benzene rings is 2. The van der Waals surface area contributed by atoms with Crippen LogP contribution in [-0.4, -0.2) is 18.0 Å². The Kier molecular flexibility index (Phi) is 5.12. The first-order valence-corrected chi connectivity index (χ1v) is 10.7. The number of aromatic nitrogens is 2. The summed E-state index contributed by atoms with van der Waals surface area (Å²) in [5.41, 5.74) is 1.33. The highest BCUT2D eigenvalue weighted by atomic mass is 35.5. The highest BCUT2D eigenvalue weighted by Crippen LogP contribution is 2.27. The maximum absolute atomic E-state index is 12.5. The van der Waals surface area contributed by atoms with Crippen molar-refractivity contribution in [3.8, 4) is 11.6 Å². The third-order valence-electron chi connectivity index (χ3n) is 4.27. The summed E-state index contributed by atoms with van der Waals surface area (Å²) in [5.74, 6) is 0.979. The van der Waals surface area contributed by atoms with E-state index in [-0.39, 0.29) is 14.9 Å². The second-order valence-corrected chi connectivity index (χ2v) is 8.81. The van der Waals surface area contributed by atoms with Gasteiger partial charge in [-0.15, -0.1) is 0 Å². The van der Waals surface area contributed by atoms with Crippen LogP contribution in [-0.2, 0) is 17.1 Å². The fourth-order valence-corrected chi connectivity index (χ4v) is 4.22. The van der Waals surface area contributed by atoms with E-state index in [0.29, 0.717) is 17.3 Å². The highest BCUT2D eigenvalue weighted by molar-refractivity contribution is 7.92. The van der Waals surface area contributed by atoms with Crippen LogP contribution in [0.3, 0.4) is 0 Å². The Hall–Kier alpha value is -2.74. The van der Waals surface area contributed by atoms with E-state index in [1.54, 1.807) is 12.1 Å². The lowest BCUT2D eigenvalue weighted by Gasteiger charge is -2.10. The van der Waals surface area contributed by atoms with Crippen LogP contribution in [0.2, 0.25) is 10.0 Å². The largest absolute Gasteiger partial charge is 0.439 e. The summed E-state index contributed by atoms with van der Waals surface area (Å²) < 4.78 is 35.2. The Morgan fingerprint density at radius 1 is 1.00 bits per heavy atom. The van der Waals surface area contributed by atoms with Gasteiger partial charge in [-0.25, -0.2) is 13.4 Å². The molecule has 29 heavy (non-hydrogen) atoms. The van der Waals surface area contributed by atoms with E-state index in [2.05, 4.69) is 9.71 Å². The quantitative estimate of drug-likeness (QED) is 0.439. The van der Waals surface area contributed by atoms with E-state index in [4.69, 9.17) is 27.9 Å². The molecule has 2 heterocycles. The van der Waals surface area contributed by atoms with Crippen LogP contribution in [0, 0.1) is 0 Å². The Bertz CT molecular complexity index is 1300. The van der Waals surface area contributed by atoms with Gasteiger partial charge in [0.2, 0.25) is 5.88 Å². The van der Waals surface area contributed by atoms with E-state index in [1.807, 2.05) is 42.1 Å². The van der Waals surface area contributed by atoms with Crippen LogP contribution in [0.4, 0.5) is 5.69 Å². The zero-order chi connectivity index (χ0) is 20.6. The molecule has 2 aromatic carbocycles. The maximum Gasteiger partial charge on any atom is 0.261 e. The van der Waals surface area contributed by atoms with E-state index in [1.165, 1.54) is 24.4 Å². The van der Waals surface area contributed by atoms with E-state index < -0.39 is 10.0 Å². The molecular weight excluding hydrogens is 433 g/mol. The number of ether oxygens (including phenoxy) is 1. The summed E-state index contributed by atoms with van der Waals surface area (Å²) in [6.45, 7) is 0. The number of nitrogens with zero attached hydrogens (tertiary/aromatic N) is 2. The van der Waals surface area contributed by atoms with Crippen LogP contribution >= 0.6 is 23.2 Å². The van der Waals surface area contributed by atoms with Gasteiger partial charge in [0, 0.05) is 25.4 Å². The number of pyridine rings is 1. The van der Waals surface area contributed by atoms with Gasteiger partial charge in [-0.3, -0.25) is 4.72 Å². The summed E-state index contributed by atoms with van der Waals surface area (Å²) in [6, 6.07) is 15.0. The van der Waals surface area contributed by atoms with Gasteiger partial charge in [0.05, 0.1) is 32.3 Å². The maximum atomic E-state index is 12.5.